The molecule has 0 aliphatic rings. The van der Waals surface area contributed by atoms with Gasteiger partial charge in [-0.05, 0) is 12.1 Å². The number of hydrogen-bond acceptors (Lipinski definition) is 6. The first-order valence-electron chi connectivity index (χ1n) is 4.35. The van der Waals surface area contributed by atoms with E-state index in [0.717, 1.165) is 6.21 Å². The average molecular weight is 221 g/mol. The number of ether oxygens (including phenoxy) is 1. The normalized spacial score (nSPS) is 9.69. The minimum absolute atomic E-state index is 0.213. The molecule has 86 valence electrons. The van der Waals surface area contributed by atoms with E-state index >= 15 is 0 Å². The first-order chi connectivity index (χ1) is 7.63. The van der Waals surface area contributed by atoms with Crippen molar-refractivity contribution in [1.29, 1.82) is 5.41 Å². The Kier molecular flexibility index (Phi) is 6.80. The first-order valence-corrected chi connectivity index (χ1v) is 4.35. The number of anilines is 2. The van der Waals surface area contributed by atoms with Crippen LogP contribution in [0.3, 0.4) is 0 Å². The summed E-state index contributed by atoms with van der Waals surface area (Å²) in [6, 6.07) is 1.58. The zero-order valence-electron chi connectivity index (χ0n) is 9.05. The minimum atomic E-state index is 0.213. The van der Waals surface area contributed by atoms with Gasteiger partial charge in [-0.1, -0.05) is 12.7 Å². The number of nitrogens with one attached hydrogen (secondary N) is 1. The van der Waals surface area contributed by atoms with Gasteiger partial charge in [-0.2, -0.15) is 4.98 Å². The van der Waals surface area contributed by atoms with E-state index in [1.165, 1.54) is 13.3 Å². The Hall–Kier alpha value is -2.37. The second-order valence-corrected chi connectivity index (χ2v) is 2.49. The van der Waals surface area contributed by atoms with Crippen LogP contribution in [0.1, 0.15) is 0 Å². The van der Waals surface area contributed by atoms with Crippen LogP contribution in [-0.2, 0) is 4.74 Å². The van der Waals surface area contributed by atoms with Gasteiger partial charge in [-0.3, -0.25) is 0 Å². The van der Waals surface area contributed by atoms with Crippen molar-refractivity contribution in [1.82, 2.24) is 9.97 Å². The molecule has 16 heavy (non-hydrogen) atoms. The summed E-state index contributed by atoms with van der Waals surface area (Å²) in [6.45, 7) is 3.44. The fourth-order valence-corrected chi connectivity index (χ4v) is 0.680. The summed E-state index contributed by atoms with van der Waals surface area (Å²) in [4.78, 5) is 7.24. The monoisotopic (exact) mass is 221 g/mol. The molecular weight excluding hydrogens is 206 g/mol. The van der Waals surface area contributed by atoms with Crippen molar-refractivity contribution < 1.29 is 4.74 Å². The van der Waals surface area contributed by atoms with E-state index in [2.05, 4.69) is 21.3 Å². The summed E-state index contributed by atoms with van der Waals surface area (Å²) in [5.74, 6) is 1.13. The van der Waals surface area contributed by atoms with Gasteiger partial charge in [0.1, 0.15) is 11.6 Å². The van der Waals surface area contributed by atoms with Gasteiger partial charge in [0.25, 0.3) is 0 Å². The van der Waals surface area contributed by atoms with Crippen LogP contribution in [0, 0.1) is 5.41 Å². The summed E-state index contributed by atoms with van der Waals surface area (Å²) in [6.07, 6.45) is 5.83. The van der Waals surface area contributed by atoms with E-state index in [0.29, 0.717) is 11.6 Å². The Morgan fingerprint density at radius 3 is 2.50 bits per heavy atom. The molecule has 1 heterocycles. The summed E-state index contributed by atoms with van der Waals surface area (Å²) in [5, 5.41) is 6.70. The lowest BCUT2D eigenvalue weighted by molar-refractivity contribution is 0.317. The lowest BCUT2D eigenvalue weighted by Crippen LogP contribution is -1.96. The third-order valence-corrected chi connectivity index (χ3v) is 1.36. The molecule has 0 fully saturated rings. The molecule has 0 saturated carbocycles. The number of hydrogen-bond donors (Lipinski definition) is 3. The molecule has 0 spiro atoms. The van der Waals surface area contributed by atoms with Crippen LogP contribution < -0.4 is 11.5 Å². The molecule has 1 rings (SSSR count). The second kappa shape index (κ2) is 7.98. The number of allylic oxidation sites excluding steroid dienone is 3. The Balaban J connectivity index is 0.000000281. The van der Waals surface area contributed by atoms with Crippen LogP contribution in [0.15, 0.2) is 36.8 Å². The number of rotatable bonds is 3. The van der Waals surface area contributed by atoms with Gasteiger partial charge in [-0.25, -0.2) is 4.98 Å². The Morgan fingerprint density at radius 1 is 1.56 bits per heavy atom. The summed E-state index contributed by atoms with van der Waals surface area (Å²) in [7, 11) is 1.51. The molecule has 0 aliphatic carbocycles. The molecule has 6 heteroatoms. The van der Waals surface area contributed by atoms with Crippen LogP contribution in [0.4, 0.5) is 11.8 Å². The molecule has 0 saturated heterocycles. The van der Waals surface area contributed by atoms with Crippen molar-refractivity contribution in [2.75, 3.05) is 18.6 Å². The molecule has 1 aromatic heterocycles. The van der Waals surface area contributed by atoms with Crippen molar-refractivity contribution in [2.45, 2.75) is 0 Å². The van der Waals surface area contributed by atoms with Gasteiger partial charge in [-0.15, -0.1) is 0 Å². The predicted molar refractivity (Wildman–Crippen MR) is 64.9 cm³/mol. The van der Waals surface area contributed by atoms with Crippen LogP contribution in [0.2, 0.25) is 0 Å². The average Bonchev–Trinajstić information content (AvgIpc) is 2.26. The highest BCUT2D eigenvalue weighted by Crippen LogP contribution is 1.94. The third kappa shape index (κ3) is 6.14. The topological polar surface area (TPSA) is 111 Å². The molecule has 0 aliphatic heterocycles. The number of aromatic nitrogens is 2. The van der Waals surface area contributed by atoms with E-state index in [1.807, 2.05) is 0 Å². The zero-order chi connectivity index (χ0) is 12.4. The van der Waals surface area contributed by atoms with Crippen molar-refractivity contribution in [3.63, 3.8) is 0 Å². The van der Waals surface area contributed by atoms with Crippen LogP contribution in [-0.4, -0.2) is 23.3 Å². The molecule has 1 aromatic rings. The second-order valence-electron chi connectivity index (χ2n) is 2.49. The minimum Gasteiger partial charge on any atom is -0.495 e. The van der Waals surface area contributed by atoms with Crippen LogP contribution >= 0.6 is 0 Å². The SMILES string of the molecule is C=C/C=C(/C=N)OC.Nc1ccnc(N)n1. The van der Waals surface area contributed by atoms with E-state index in [1.54, 1.807) is 18.2 Å². The van der Waals surface area contributed by atoms with Crippen LogP contribution in [0.25, 0.3) is 0 Å². The lowest BCUT2D eigenvalue weighted by atomic mass is 10.4. The largest absolute Gasteiger partial charge is 0.495 e. The van der Waals surface area contributed by atoms with Crippen LogP contribution in [0.5, 0.6) is 0 Å². The summed E-state index contributed by atoms with van der Waals surface area (Å²) in [5.41, 5.74) is 10.4. The lowest BCUT2D eigenvalue weighted by Gasteiger charge is -1.92. The number of nitrogens with zero attached hydrogens (tertiary/aromatic N) is 2. The van der Waals surface area contributed by atoms with Gasteiger partial charge >= 0.3 is 0 Å². The van der Waals surface area contributed by atoms with Gasteiger partial charge in [0.15, 0.2) is 0 Å². The van der Waals surface area contributed by atoms with E-state index in [-0.39, 0.29) is 5.95 Å². The highest BCUT2D eigenvalue weighted by atomic mass is 16.5. The molecule has 0 bridgehead atoms. The smallest absolute Gasteiger partial charge is 0.221 e. The highest BCUT2D eigenvalue weighted by molar-refractivity contribution is 5.73. The van der Waals surface area contributed by atoms with E-state index < -0.39 is 0 Å². The highest BCUT2D eigenvalue weighted by Gasteiger charge is 1.84. The Bertz CT molecular complexity index is 358. The molecule has 0 aromatic carbocycles. The molecule has 5 N–H and O–H groups in total. The van der Waals surface area contributed by atoms with Gasteiger partial charge < -0.3 is 21.6 Å². The van der Waals surface area contributed by atoms with Crippen molar-refractivity contribution in [3.05, 3.63) is 36.8 Å². The van der Waals surface area contributed by atoms with Crippen molar-refractivity contribution in [3.8, 4) is 0 Å². The zero-order valence-corrected chi connectivity index (χ0v) is 9.05. The molecule has 0 amide bonds. The molecule has 6 nitrogen and oxygen atoms in total. The molecule has 0 unspecified atom stereocenters. The van der Waals surface area contributed by atoms with Gasteiger partial charge in [0.05, 0.1) is 13.3 Å². The first kappa shape index (κ1) is 13.6. The maximum absolute atomic E-state index is 6.70. The summed E-state index contributed by atoms with van der Waals surface area (Å²) >= 11 is 0. The van der Waals surface area contributed by atoms with E-state index in [9.17, 15) is 0 Å². The molecule has 0 atom stereocenters. The molecular formula is C10H15N5O. The Morgan fingerprint density at radius 2 is 2.25 bits per heavy atom. The number of methoxy groups -OCH3 is 1. The fraction of sp³-hybridized carbons (Fsp3) is 0.100. The van der Waals surface area contributed by atoms with Gasteiger partial charge in [0.2, 0.25) is 5.95 Å². The molecule has 0 radical (unpaired) electrons. The summed E-state index contributed by atoms with van der Waals surface area (Å²) < 4.78 is 4.69. The van der Waals surface area contributed by atoms with E-state index in [4.69, 9.17) is 16.9 Å². The Labute approximate surface area is 94.2 Å². The predicted octanol–water partition coefficient (Wildman–Crippen LogP) is 0.993. The van der Waals surface area contributed by atoms with Crippen molar-refractivity contribution >= 4 is 18.0 Å². The quantitative estimate of drug-likeness (QED) is 0.400. The third-order valence-electron chi connectivity index (χ3n) is 1.36. The number of nitrogens with two attached hydrogens (primary N) is 2. The fourth-order valence-electron chi connectivity index (χ4n) is 0.680. The van der Waals surface area contributed by atoms with Gasteiger partial charge in [0, 0.05) is 6.20 Å². The maximum Gasteiger partial charge on any atom is 0.221 e. The maximum atomic E-state index is 6.70. The standard InChI is InChI=1S/C6H9NO.C4H6N4/c1-3-4-6(5-7)8-2;5-3-1-2-7-4(6)8-3/h3-5,7H,1H2,2H3;1-2H,(H4,5,6,7,8)/b6-4-,7-5?;. The van der Waals surface area contributed by atoms with Crippen molar-refractivity contribution in [2.24, 2.45) is 0 Å². The number of nitrogen functional groups attached to an aromatic ring is 2.